The second-order valence-corrected chi connectivity index (χ2v) is 17.9. The topological polar surface area (TPSA) is 78.9 Å². The van der Waals surface area contributed by atoms with E-state index in [2.05, 4.69) is 93.7 Å². The highest BCUT2D eigenvalue weighted by molar-refractivity contribution is 5.71. The Balaban J connectivity index is 4.52. The van der Waals surface area contributed by atoms with E-state index in [0.717, 1.165) is 116 Å². The predicted octanol–water partition coefficient (Wildman–Crippen LogP) is 18.8. The quantitative estimate of drug-likeness (QED) is 0.0199. The first-order chi connectivity index (χ1) is 34.5. The summed E-state index contributed by atoms with van der Waals surface area (Å²) in [5.74, 6) is -0.971. The highest BCUT2D eigenvalue weighted by atomic mass is 16.6. The molecule has 70 heavy (non-hydrogen) atoms. The maximum absolute atomic E-state index is 12.9. The lowest BCUT2D eigenvalue weighted by Gasteiger charge is -2.18. The number of hydrogen-bond donors (Lipinski definition) is 0. The van der Waals surface area contributed by atoms with Crippen LogP contribution in [0.5, 0.6) is 0 Å². The van der Waals surface area contributed by atoms with E-state index in [1.54, 1.807) is 0 Å². The molecule has 0 aromatic rings. The molecule has 0 rings (SSSR count). The molecule has 0 aromatic heterocycles. The van der Waals surface area contributed by atoms with Crippen LogP contribution in [0.1, 0.15) is 220 Å². The third-order valence-corrected chi connectivity index (χ3v) is 11.3. The number of esters is 3. The van der Waals surface area contributed by atoms with Crippen LogP contribution in [0.15, 0.2) is 146 Å². The summed E-state index contributed by atoms with van der Waals surface area (Å²) < 4.78 is 16.8. The van der Waals surface area contributed by atoms with Crippen molar-refractivity contribution in [3.63, 3.8) is 0 Å². The second kappa shape index (κ2) is 56.9. The molecular weight excluding hydrogens is 865 g/mol. The van der Waals surface area contributed by atoms with Gasteiger partial charge in [0.2, 0.25) is 0 Å². The van der Waals surface area contributed by atoms with Crippen LogP contribution in [0, 0.1) is 0 Å². The molecular formula is C64H100O6. The standard InChI is InChI=1S/C64H100O6/c1-4-7-10-13-16-19-22-25-28-30-32-34-36-39-42-45-48-51-54-57-63(66)69-60-61(59-68-62(65)56-53-50-47-44-41-38-27-24-21-18-15-12-9-6-3)70-64(67)58-55-52-49-46-43-40-37-35-33-31-29-26-23-20-17-14-11-8-5-2/h7-13,16-22,25-26,28-30,32,34,36,39,42,61H,4-6,14-15,23-24,27,31,33,35,37-38,40-41,43-60H2,1-3H3/b10-7-,11-8-,12-9-,16-13-,20-17-,21-18-,22-19-,28-25-,29-26-,32-30+,36-34-,42-39-. The smallest absolute Gasteiger partial charge is 0.306 e. The van der Waals surface area contributed by atoms with Gasteiger partial charge in [-0.2, -0.15) is 0 Å². The first-order valence-electron chi connectivity index (χ1n) is 27.9. The molecule has 1 atom stereocenters. The Morgan fingerprint density at radius 3 is 0.986 bits per heavy atom. The van der Waals surface area contributed by atoms with Crippen LogP contribution in [0.2, 0.25) is 0 Å². The zero-order valence-corrected chi connectivity index (χ0v) is 44.7. The van der Waals surface area contributed by atoms with Gasteiger partial charge in [0, 0.05) is 19.3 Å². The molecule has 0 radical (unpaired) electrons. The maximum atomic E-state index is 12.9. The lowest BCUT2D eigenvalue weighted by atomic mass is 10.1. The minimum Gasteiger partial charge on any atom is -0.462 e. The number of rotatable bonds is 48. The van der Waals surface area contributed by atoms with Gasteiger partial charge >= 0.3 is 17.9 Å². The number of unbranched alkanes of at least 4 members (excludes halogenated alkanes) is 19. The Kier molecular flexibility index (Phi) is 53.0. The van der Waals surface area contributed by atoms with Crippen molar-refractivity contribution in [2.24, 2.45) is 0 Å². The molecule has 1 unspecified atom stereocenters. The molecule has 0 aliphatic rings. The SMILES string of the molecule is CC\C=C/C=C\C=C/C=C\C=C\C=C/C=C\CCCCCC(=O)OCC(COC(=O)CCCCCCCCC/C=C\C/C=C\CC)OC(=O)CCCCCCCCCCC/C=C\C/C=C\C/C=C\CC. The molecule has 0 heterocycles. The fourth-order valence-electron chi connectivity index (χ4n) is 7.18. The van der Waals surface area contributed by atoms with Gasteiger partial charge in [-0.1, -0.05) is 250 Å². The fourth-order valence-corrected chi connectivity index (χ4v) is 7.18. The summed E-state index contributed by atoms with van der Waals surface area (Å²) in [4.78, 5) is 38.2. The first kappa shape index (κ1) is 65.3. The van der Waals surface area contributed by atoms with Crippen LogP contribution < -0.4 is 0 Å². The summed E-state index contributed by atoms with van der Waals surface area (Å²) >= 11 is 0. The van der Waals surface area contributed by atoms with Gasteiger partial charge < -0.3 is 14.2 Å². The minimum atomic E-state index is -0.811. The van der Waals surface area contributed by atoms with Crippen LogP contribution in [-0.2, 0) is 28.6 Å². The Morgan fingerprint density at radius 1 is 0.300 bits per heavy atom. The second-order valence-electron chi connectivity index (χ2n) is 17.9. The number of carbonyl (C=O) groups is 3. The van der Waals surface area contributed by atoms with E-state index in [0.29, 0.717) is 19.3 Å². The normalized spacial score (nSPS) is 13.2. The molecule has 0 aliphatic carbocycles. The molecule has 0 saturated heterocycles. The fraction of sp³-hybridized carbons (Fsp3) is 0.578. The monoisotopic (exact) mass is 965 g/mol. The lowest BCUT2D eigenvalue weighted by molar-refractivity contribution is -0.167. The lowest BCUT2D eigenvalue weighted by Crippen LogP contribution is -2.30. The summed E-state index contributed by atoms with van der Waals surface area (Å²) in [6.45, 7) is 6.22. The van der Waals surface area contributed by atoms with Gasteiger partial charge in [-0.25, -0.2) is 0 Å². The zero-order valence-electron chi connectivity index (χ0n) is 44.7. The van der Waals surface area contributed by atoms with E-state index in [4.69, 9.17) is 14.2 Å². The summed E-state index contributed by atoms with van der Waals surface area (Å²) in [6, 6.07) is 0. The number of hydrogen-bond acceptors (Lipinski definition) is 6. The molecule has 6 nitrogen and oxygen atoms in total. The van der Waals surface area contributed by atoms with Gasteiger partial charge in [-0.05, 0) is 96.3 Å². The van der Waals surface area contributed by atoms with Crippen LogP contribution >= 0.6 is 0 Å². The van der Waals surface area contributed by atoms with E-state index in [-0.39, 0.29) is 31.1 Å². The van der Waals surface area contributed by atoms with Crippen LogP contribution in [-0.4, -0.2) is 37.2 Å². The van der Waals surface area contributed by atoms with Crippen molar-refractivity contribution in [1.29, 1.82) is 0 Å². The van der Waals surface area contributed by atoms with E-state index in [9.17, 15) is 14.4 Å². The molecule has 0 aromatic carbocycles. The molecule has 0 aliphatic heterocycles. The molecule has 0 bridgehead atoms. The minimum absolute atomic E-state index is 0.105. The summed E-state index contributed by atoms with van der Waals surface area (Å²) in [5.41, 5.74) is 0. The van der Waals surface area contributed by atoms with E-state index >= 15 is 0 Å². The predicted molar refractivity (Wildman–Crippen MR) is 302 cm³/mol. The van der Waals surface area contributed by atoms with Crippen LogP contribution in [0.3, 0.4) is 0 Å². The zero-order chi connectivity index (χ0) is 50.7. The number of carbonyl (C=O) groups excluding carboxylic acids is 3. The summed E-state index contributed by atoms with van der Waals surface area (Å²) in [5, 5.41) is 0. The van der Waals surface area contributed by atoms with Gasteiger partial charge in [0.1, 0.15) is 13.2 Å². The van der Waals surface area contributed by atoms with Gasteiger partial charge in [0.15, 0.2) is 6.10 Å². The summed E-state index contributed by atoms with van der Waals surface area (Å²) in [6.07, 6.45) is 81.1. The first-order valence-corrected chi connectivity index (χ1v) is 27.9. The largest absolute Gasteiger partial charge is 0.462 e. The third kappa shape index (κ3) is 54.2. The average Bonchev–Trinajstić information content (AvgIpc) is 3.36. The van der Waals surface area contributed by atoms with Crippen LogP contribution in [0.25, 0.3) is 0 Å². The van der Waals surface area contributed by atoms with Gasteiger partial charge in [-0.15, -0.1) is 0 Å². The van der Waals surface area contributed by atoms with Crippen molar-refractivity contribution >= 4 is 17.9 Å². The number of ether oxygens (including phenoxy) is 3. The molecule has 6 heteroatoms. The van der Waals surface area contributed by atoms with Crippen molar-refractivity contribution in [1.82, 2.24) is 0 Å². The van der Waals surface area contributed by atoms with Crippen LogP contribution in [0.4, 0.5) is 0 Å². The van der Waals surface area contributed by atoms with Crippen molar-refractivity contribution in [2.45, 2.75) is 226 Å². The van der Waals surface area contributed by atoms with Gasteiger partial charge in [-0.3, -0.25) is 14.4 Å². The van der Waals surface area contributed by atoms with E-state index < -0.39 is 6.10 Å². The maximum Gasteiger partial charge on any atom is 0.306 e. The van der Waals surface area contributed by atoms with Crippen molar-refractivity contribution < 1.29 is 28.6 Å². The van der Waals surface area contributed by atoms with Crippen molar-refractivity contribution in [3.8, 4) is 0 Å². The Labute approximate surface area is 429 Å². The molecule has 392 valence electrons. The molecule has 0 fully saturated rings. The van der Waals surface area contributed by atoms with E-state index in [1.165, 1.54) is 64.2 Å². The Hall–Kier alpha value is -4.71. The van der Waals surface area contributed by atoms with Crippen molar-refractivity contribution in [3.05, 3.63) is 146 Å². The Bertz CT molecular complexity index is 1580. The molecule has 0 spiro atoms. The van der Waals surface area contributed by atoms with E-state index in [1.807, 2.05) is 72.9 Å². The highest BCUT2D eigenvalue weighted by Crippen LogP contribution is 2.14. The van der Waals surface area contributed by atoms with Crippen molar-refractivity contribution in [2.75, 3.05) is 13.2 Å². The molecule has 0 N–H and O–H groups in total. The number of allylic oxidation sites excluding steroid dienone is 24. The Morgan fingerprint density at radius 2 is 0.586 bits per heavy atom. The summed E-state index contributed by atoms with van der Waals surface area (Å²) in [7, 11) is 0. The third-order valence-electron chi connectivity index (χ3n) is 11.3. The highest BCUT2D eigenvalue weighted by Gasteiger charge is 2.19. The molecule has 0 saturated carbocycles. The molecule has 0 amide bonds. The average molecular weight is 965 g/mol. The van der Waals surface area contributed by atoms with Gasteiger partial charge in [0.05, 0.1) is 0 Å². The van der Waals surface area contributed by atoms with Gasteiger partial charge in [0.25, 0.3) is 0 Å².